The van der Waals surface area contributed by atoms with E-state index in [2.05, 4.69) is 15.2 Å². The van der Waals surface area contributed by atoms with E-state index >= 15 is 0 Å². The molecule has 0 saturated heterocycles. The Morgan fingerprint density at radius 3 is 3.08 bits per heavy atom. The van der Waals surface area contributed by atoms with E-state index in [-0.39, 0.29) is 24.6 Å². The number of alkyl carbamates (subject to hydrolysis) is 1. The molecular weight excluding hydrogens is 336 g/mol. The number of carbonyl (C=O) groups is 1. The molecule has 0 spiro atoms. The second-order valence-corrected chi connectivity index (χ2v) is 5.56. The van der Waals surface area contributed by atoms with Crippen LogP contribution in [0.4, 0.5) is 4.79 Å². The van der Waals surface area contributed by atoms with Crippen molar-refractivity contribution in [2.24, 2.45) is 5.73 Å². The molecule has 0 fully saturated rings. The molecule has 2 aromatic rings. The lowest BCUT2D eigenvalue weighted by molar-refractivity contribution is 0.0893. The van der Waals surface area contributed by atoms with E-state index in [1.54, 1.807) is 6.20 Å². The number of fused-ring (bicyclic) bond motifs is 3. The topological polar surface area (TPSA) is 101 Å². The van der Waals surface area contributed by atoms with Crippen molar-refractivity contribution < 1.29 is 19.0 Å². The summed E-state index contributed by atoms with van der Waals surface area (Å²) in [5.74, 6) is 1.29. The summed E-state index contributed by atoms with van der Waals surface area (Å²) in [4.78, 5) is 11.2. The van der Waals surface area contributed by atoms with E-state index in [0.717, 1.165) is 10.9 Å². The summed E-state index contributed by atoms with van der Waals surface area (Å²) < 4.78 is 18.1. The molecule has 0 saturated carbocycles. The summed E-state index contributed by atoms with van der Waals surface area (Å²) in [6.07, 6.45) is 0.975. The third kappa shape index (κ3) is 3.65. The molecule has 3 N–H and O–H groups in total. The van der Waals surface area contributed by atoms with E-state index in [1.807, 2.05) is 23.7 Å². The van der Waals surface area contributed by atoms with Gasteiger partial charge in [0.05, 0.1) is 26.4 Å². The molecule has 132 valence electrons. The predicted octanol–water partition coefficient (Wildman–Crippen LogP) is 1.30. The van der Waals surface area contributed by atoms with Gasteiger partial charge in [-0.15, -0.1) is 12.4 Å². The lowest BCUT2D eigenvalue weighted by atomic mass is 10.2. The number of nitrogens with one attached hydrogen (secondary N) is 1. The highest BCUT2D eigenvalue weighted by Crippen LogP contribution is 2.38. The molecule has 2 atom stereocenters. The summed E-state index contributed by atoms with van der Waals surface area (Å²) in [5, 5.41) is 7.93. The van der Waals surface area contributed by atoms with Gasteiger partial charge in [-0.3, -0.25) is 4.68 Å². The maximum absolute atomic E-state index is 11.2. The molecule has 1 aromatic carbocycles. The molecule has 0 bridgehead atoms. The van der Waals surface area contributed by atoms with Gasteiger partial charge in [0.25, 0.3) is 0 Å². The van der Waals surface area contributed by atoms with Crippen LogP contribution in [0.2, 0.25) is 0 Å². The van der Waals surface area contributed by atoms with Gasteiger partial charge in [-0.2, -0.15) is 5.10 Å². The molecule has 3 rings (SSSR count). The van der Waals surface area contributed by atoms with Gasteiger partial charge < -0.3 is 25.3 Å². The van der Waals surface area contributed by atoms with Crippen LogP contribution in [0.15, 0.2) is 18.3 Å². The fourth-order valence-electron chi connectivity index (χ4n) is 2.52. The SMILES string of the molecule is COC(=O)NC[C@@H]1COc2ccc3cnn(C[C@H](C)N)c3c2O1.Cl. The van der Waals surface area contributed by atoms with Gasteiger partial charge in [0.15, 0.2) is 17.6 Å². The standard InChI is InChI=1S/C15H20N4O4.ClH/c1-9(16)7-19-13-10(5-18-19)3-4-12-14(13)23-11(8-22-12)6-17-15(20)21-2;/h3-5,9,11H,6-8,16H2,1-2H3,(H,17,20);1H/t9-,11+;/m0./s1. The Balaban J connectivity index is 0.00000208. The van der Waals surface area contributed by atoms with Gasteiger partial charge in [-0.05, 0) is 19.1 Å². The minimum absolute atomic E-state index is 0. The Kier molecular flexibility index (Phi) is 5.74. The molecule has 0 unspecified atom stereocenters. The summed E-state index contributed by atoms with van der Waals surface area (Å²) in [7, 11) is 1.32. The number of hydrogen-bond acceptors (Lipinski definition) is 6. The predicted molar refractivity (Wildman–Crippen MR) is 90.9 cm³/mol. The van der Waals surface area contributed by atoms with Crippen molar-refractivity contribution in [1.82, 2.24) is 15.1 Å². The first-order valence-electron chi connectivity index (χ1n) is 7.44. The number of hydrogen-bond donors (Lipinski definition) is 2. The second-order valence-electron chi connectivity index (χ2n) is 5.56. The first-order chi connectivity index (χ1) is 11.1. The van der Waals surface area contributed by atoms with E-state index in [9.17, 15) is 4.79 Å². The lowest BCUT2D eigenvalue weighted by Gasteiger charge is -2.27. The number of nitrogens with two attached hydrogens (primary N) is 1. The molecule has 0 radical (unpaired) electrons. The van der Waals surface area contributed by atoms with Crippen molar-refractivity contribution in [3.63, 3.8) is 0 Å². The highest BCUT2D eigenvalue weighted by atomic mass is 35.5. The Morgan fingerprint density at radius 2 is 2.38 bits per heavy atom. The minimum atomic E-state index is -0.500. The first kappa shape index (κ1) is 18.2. The van der Waals surface area contributed by atoms with Crippen molar-refractivity contribution in [3.05, 3.63) is 18.3 Å². The van der Waals surface area contributed by atoms with Crippen molar-refractivity contribution in [1.29, 1.82) is 0 Å². The largest absolute Gasteiger partial charge is 0.486 e. The fourth-order valence-corrected chi connectivity index (χ4v) is 2.52. The second kappa shape index (κ2) is 7.59. The fraction of sp³-hybridized carbons (Fsp3) is 0.467. The third-order valence-corrected chi connectivity index (χ3v) is 3.55. The maximum Gasteiger partial charge on any atom is 0.406 e. The zero-order valence-corrected chi connectivity index (χ0v) is 14.3. The van der Waals surface area contributed by atoms with Crippen LogP contribution in [-0.4, -0.2) is 48.3 Å². The molecule has 2 heterocycles. The Bertz CT molecular complexity index is 719. The molecular formula is C15H21ClN4O4. The van der Waals surface area contributed by atoms with E-state index in [0.29, 0.717) is 31.2 Å². The number of ether oxygens (including phenoxy) is 3. The number of methoxy groups -OCH3 is 1. The Hall–Kier alpha value is -2.19. The third-order valence-electron chi connectivity index (χ3n) is 3.55. The highest BCUT2D eigenvalue weighted by Gasteiger charge is 2.25. The van der Waals surface area contributed by atoms with Gasteiger partial charge in [0.2, 0.25) is 0 Å². The highest BCUT2D eigenvalue weighted by molar-refractivity contribution is 5.87. The van der Waals surface area contributed by atoms with Gasteiger partial charge in [-0.25, -0.2) is 4.79 Å². The molecule has 1 aliphatic rings. The maximum atomic E-state index is 11.2. The molecule has 24 heavy (non-hydrogen) atoms. The van der Waals surface area contributed by atoms with Crippen LogP contribution in [0.3, 0.4) is 0 Å². The van der Waals surface area contributed by atoms with E-state index in [1.165, 1.54) is 7.11 Å². The van der Waals surface area contributed by atoms with Gasteiger partial charge >= 0.3 is 6.09 Å². The average Bonchev–Trinajstić information content (AvgIpc) is 2.95. The zero-order chi connectivity index (χ0) is 16.4. The lowest BCUT2D eigenvalue weighted by Crippen LogP contribution is -2.40. The summed E-state index contributed by atoms with van der Waals surface area (Å²) in [6, 6.07) is 3.77. The number of carbonyl (C=O) groups excluding carboxylic acids is 1. The number of halogens is 1. The van der Waals surface area contributed by atoms with Gasteiger partial charge in [0.1, 0.15) is 12.1 Å². The molecule has 1 aliphatic heterocycles. The molecule has 0 aliphatic carbocycles. The molecule has 1 aromatic heterocycles. The van der Waals surface area contributed by atoms with E-state index < -0.39 is 6.09 Å². The molecule has 1 amide bonds. The normalized spacial score (nSPS) is 17.0. The van der Waals surface area contributed by atoms with Crippen LogP contribution >= 0.6 is 12.4 Å². The summed E-state index contributed by atoms with van der Waals surface area (Å²) in [6.45, 7) is 3.14. The van der Waals surface area contributed by atoms with Crippen LogP contribution in [0.5, 0.6) is 11.5 Å². The molecule has 8 nitrogen and oxygen atoms in total. The smallest absolute Gasteiger partial charge is 0.406 e. The van der Waals surface area contributed by atoms with Crippen molar-refractivity contribution in [3.8, 4) is 11.5 Å². The quantitative estimate of drug-likeness (QED) is 0.856. The summed E-state index contributed by atoms with van der Waals surface area (Å²) >= 11 is 0. The monoisotopic (exact) mass is 356 g/mol. The average molecular weight is 357 g/mol. The zero-order valence-electron chi connectivity index (χ0n) is 13.5. The number of aromatic nitrogens is 2. The number of rotatable bonds is 4. The van der Waals surface area contributed by atoms with Crippen LogP contribution in [-0.2, 0) is 11.3 Å². The van der Waals surface area contributed by atoms with Gasteiger partial charge in [-0.1, -0.05) is 0 Å². The van der Waals surface area contributed by atoms with Crippen molar-refractivity contribution in [2.75, 3.05) is 20.3 Å². The minimum Gasteiger partial charge on any atom is -0.486 e. The van der Waals surface area contributed by atoms with Crippen LogP contribution < -0.4 is 20.5 Å². The number of amides is 1. The Labute approximate surface area is 145 Å². The van der Waals surface area contributed by atoms with Crippen LogP contribution in [0.25, 0.3) is 10.9 Å². The van der Waals surface area contributed by atoms with Crippen molar-refractivity contribution >= 4 is 29.4 Å². The van der Waals surface area contributed by atoms with Crippen LogP contribution in [0.1, 0.15) is 6.92 Å². The first-order valence-corrected chi connectivity index (χ1v) is 7.44. The number of nitrogens with zero attached hydrogens (tertiary/aromatic N) is 2. The number of benzene rings is 1. The van der Waals surface area contributed by atoms with E-state index in [4.69, 9.17) is 15.2 Å². The van der Waals surface area contributed by atoms with Crippen molar-refractivity contribution in [2.45, 2.75) is 25.6 Å². The molecule has 9 heteroatoms. The Morgan fingerprint density at radius 1 is 1.58 bits per heavy atom. The summed E-state index contributed by atoms with van der Waals surface area (Å²) in [5.41, 5.74) is 6.73. The van der Waals surface area contributed by atoms with Crippen LogP contribution in [0, 0.1) is 0 Å². The van der Waals surface area contributed by atoms with Gasteiger partial charge in [0, 0.05) is 11.4 Å².